The molecule has 0 radical (unpaired) electrons. The minimum absolute atomic E-state index is 0.0845. The van der Waals surface area contributed by atoms with Gasteiger partial charge in [-0.3, -0.25) is 14.2 Å². The number of thioether (sulfide) groups is 1. The van der Waals surface area contributed by atoms with E-state index in [-0.39, 0.29) is 17.3 Å². The van der Waals surface area contributed by atoms with E-state index in [9.17, 15) is 9.59 Å². The summed E-state index contributed by atoms with van der Waals surface area (Å²) in [7, 11) is 0. The van der Waals surface area contributed by atoms with E-state index in [1.54, 1.807) is 29.7 Å². The van der Waals surface area contributed by atoms with Crippen LogP contribution in [-0.2, 0) is 16.1 Å². The molecule has 5 nitrogen and oxygen atoms in total. The maximum Gasteiger partial charge on any atom is 0.316 e. The Bertz CT molecular complexity index is 989. The van der Waals surface area contributed by atoms with E-state index >= 15 is 0 Å². The standard InChI is InChI=1S/C19H17ClN2O3S/c1-2-25-17(23)12-26-19-21-16-10-14(20)8-9-15(16)18(24)22(19)11-13-6-4-3-5-7-13/h3-10H,2,11-12H2,1H3. The van der Waals surface area contributed by atoms with Crippen LogP contribution in [0.4, 0.5) is 0 Å². The number of nitrogens with zero attached hydrogens (tertiary/aromatic N) is 2. The van der Waals surface area contributed by atoms with E-state index in [1.165, 1.54) is 11.8 Å². The van der Waals surface area contributed by atoms with Crippen molar-refractivity contribution in [3.63, 3.8) is 0 Å². The van der Waals surface area contributed by atoms with Crippen LogP contribution in [0.5, 0.6) is 0 Å². The molecule has 26 heavy (non-hydrogen) atoms. The minimum atomic E-state index is -0.343. The lowest BCUT2D eigenvalue weighted by Gasteiger charge is -2.13. The van der Waals surface area contributed by atoms with E-state index in [2.05, 4.69) is 4.98 Å². The van der Waals surface area contributed by atoms with Gasteiger partial charge in [0.2, 0.25) is 0 Å². The predicted octanol–water partition coefficient (Wildman–Crippen LogP) is 3.75. The molecule has 0 aliphatic rings. The number of esters is 1. The third-order valence-corrected chi connectivity index (χ3v) is 4.88. The van der Waals surface area contributed by atoms with Gasteiger partial charge in [0, 0.05) is 5.02 Å². The number of hydrogen-bond acceptors (Lipinski definition) is 5. The predicted molar refractivity (Wildman–Crippen MR) is 104 cm³/mol. The summed E-state index contributed by atoms with van der Waals surface area (Å²) in [6, 6.07) is 14.6. The van der Waals surface area contributed by atoms with Crippen molar-refractivity contribution >= 4 is 40.2 Å². The second kappa shape index (κ2) is 8.38. The first-order valence-electron chi connectivity index (χ1n) is 8.11. The lowest BCUT2D eigenvalue weighted by atomic mass is 10.2. The van der Waals surface area contributed by atoms with Crippen LogP contribution < -0.4 is 5.56 Å². The van der Waals surface area contributed by atoms with Crippen molar-refractivity contribution in [2.75, 3.05) is 12.4 Å². The molecule has 0 bridgehead atoms. The fraction of sp³-hybridized carbons (Fsp3) is 0.211. The summed E-state index contributed by atoms with van der Waals surface area (Å²) in [6.45, 7) is 2.44. The van der Waals surface area contributed by atoms with Gasteiger partial charge in [-0.1, -0.05) is 53.7 Å². The number of fused-ring (bicyclic) bond motifs is 1. The van der Waals surface area contributed by atoms with Crippen LogP contribution in [0.2, 0.25) is 5.02 Å². The zero-order valence-electron chi connectivity index (χ0n) is 14.1. The Morgan fingerprint density at radius 2 is 2.00 bits per heavy atom. The molecule has 0 saturated carbocycles. The molecular weight excluding hydrogens is 372 g/mol. The van der Waals surface area contributed by atoms with E-state index in [4.69, 9.17) is 16.3 Å². The average Bonchev–Trinajstić information content (AvgIpc) is 2.63. The lowest BCUT2D eigenvalue weighted by molar-refractivity contribution is -0.139. The summed E-state index contributed by atoms with van der Waals surface area (Å²) in [4.78, 5) is 29.3. The average molecular weight is 389 g/mol. The molecule has 2 aromatic carbocycles. The first-order chi connectivity index (χ1) is 12.6. The van der Waals surface area contributed by atoms with E-state index in [1.807, 2.05) is 30.3 Å². The zero-order chi connectivity index (χ0) is 18.5. The van der Waals surface area contributed by atoms with Gasteiger partial charge in [0.25, 0.3) is 5.56 Å². The summed E-state index contributed by atoms with van der Waals surface area (Å²) < 4.78 is 6.54. The Kier molecular flexibility index (Phi) is 5.96. The first kappa shape index (κ1) is 18.5. The van der Waals surface area contributed by atoms with Gasteiger partial charge >= 0.3 is 5.97 Å². The SMILES string of the molecule is CCOC(=O)CSc1nc2cc(Cl)ccc2c(=O)n1Cc1ccccc1. The second-order valence-corrected chi connectivity index (χ2v) is 6.91. The Hall–Kier alpha value is -2.31. The number of aromatic nitrogens is 2. The van der Waals surface area contributed by atoms with Crippen LogP contribution in [0, 0.1) is 0 Å². The van der Waals surface area contributed by atoms with Crippen LogP contribution in [0.25, 0.3) is 10.9 Å². The Labute approximate surface area is 160 Å². The summed E-state index contributed by atoms with van der Waals surface area (Å²) in [5, 5.41) is 1.46. The van der Waals surface area contributed by atoms with Crippen LogP contribution in [0.3, 0.4) is 0 Å². The number of carbonyl (C=O) groups is 1. The second-order valence-electron chi connectivity index (χ2n) is 5.53. The summed E-state index contributed by atoms with van der Waals surface area (Å²) in [5.74, 6) is -0.259. The highest BCUT2D eigenvalue weighted by Crippen LogP contribution is 2.21. The van der Waals surface area contributed by atoms with Gasteiger partial charge in [-0.25, -0.2) is 4.98 Å². The zero-order valence-corrected chi connectivity index (χ0v) is 15.7. The molecule has 0 atom stereocenters. The Balaban J connectivity index is 2.04. The molecule has 1 aromatic heterocycles. The number of halogens is 1. The maximum atomic E-state index is 13.0. The number of rotatable bonds is 6. The Morgan fingerprint density at radius 3 is 2.73 bits per heavy atom. The van der Waals surface area contributed by atoms with E-state index < -0.39 is 0 Å². The minimum Gasteiger partial charge on any atom is -0.465 e. The van der Waals surface area contributed by atoms with E-state index in [0.717, 1.165) is 5.56 Å². The van der Waals surface area contributed by atoms with Crippen molar-refractivity contribution in [3.8, 4) is 0 Å². The van der Waals surface area contributed by atoms with Gasteiger partial charge in [-0.15, -0.1) is 0 Å². The molecule has 0 fully saturated rings. The van der Waals surface area contributed by atoms with Crippen LogP contribution in [0.1, 0.15) is 12.5 Å². The third-order valence-electron chi connectivity index (χ3n) is 3.69. The third kappa shape index (κ3) is 4.26. The molecule has 3 rings (SSSR count). The van der Waals surface area contributed by atoms with Crippen molar-refractivity contribution < 1.29 is 9.53 Å². The van der Waals surface area contributed by atoms with Gasteiger partial charge < -0.3 is 4.74 Å². The number of benzene rings is 2. The molecule has 0 N–H and O–H groups in total. The number of hydrogen-bond donors (Lipinski definition) is 0. The summed E-state index contributed by atoms with van der Waals surface area (Å²) in [6.07, 6.45) is 0. The first-order valence-corrected chi connectivity index (χ1v) is 9.47. The summed E-state index contributed by atoms with van der Waals surface area (Å²) >= 11 is 7.22. The van der Waals surface area contributed by atoms with Gasteiger partial charge in [-0.2, -0.15) is 0 Å². The van der Waals surface area contributed by atoms with E-state index in [0.29, 0.717) is 34.2 Å². The molecule has 0 unspecified atom stereocenters. The molecule has 3 aromatic rings. The number of ether oxygens (including phenoxy) is 1. The normalized spacial score (nSPS) is 10.8. The molecule has 1 heterocycles. The van der Waals surface area contributed by atoms with Crippen molar-refractivity contribution in [3.05, 3.63) is 69.5 Å². The highest BCUT2D eigenvalue weighted by atomic mass is 35.5. The van der Waals surface area contributed by atoms with Crippen molar-refractivity contribution in [1.82, 2.24) is 9.55 Å². The maximum absolute atomic E-state index is 13.0. The van der Waals surface area contributed by atoms with Crippen LogP contribution >= 0.6 is 23.4 Å². The smallest absolute Gasteiger partial charge is 0.316 e. The molecule has 0 spiro atoms. The Morgan fingerprint density at radius 1 is 1.23 bits per heavy atom. The topological polar surface area (TPSA) is 61.2 Å². The molecule has 0 saturated heterocycles. The fourth-order valence-corrected chi connectivity index (χ4v) is 3.48. The molecule has 7 heteroatoms. The molecule has 0 aliphatic heterocycles. The molecule has 134 valence electrons. The highest BCUT2D eigenvalue weighted by molar-refractivity contribution is 7.99. The van der Waals surface area contributed by atoms with Crippen molar-refractivity contribution in [1.29, 1.82) is 0 Å². The van der Waals surface area contributed by atoms with Crippen molar-refractivity contribution in [2.24, 2.45) is 0 Å². The van der Waals surface area contributed by atoms with Crippen LogP contribution in [-0.4, -0.2) is 27.9 Å². The monoisotopic (exact) mass is 388 g/mol. The van der Waals surface area contributed by atoms with Gasteiger partial charge in [-0.05, 0) is 30.7 Å². The molecule has 0 amide bonds. The largest absolute Gasteiger partial charge is 0.465 e. The van der Waals surface area contributed by atoms with Crippen molar-refractivity contribution in [2.45, 2.75) is 18.6 Å². The van der Waals surface area contributed by atoms with Gasteiger partial charge in [0.1, 0.15) is 0 Å². The molecular formula is C19H17ClN2O3S. The molecule has 0 aliphatic carbocycles. The summed E-state index contributed by atoms with van der Waals surface area (Å²) in [5.41, 5.74) is 1.32. The lowest BCUT2D eigenvalue weighted by Crippen LogP contribution is -2.24. The van der Waals surface area contributed by atoms with Gasteiger partial charge in [0.05, 0.1) is 29.8 Å². The van der Waals surface area contributed by atoms with Gasteiger partial charge in [0.15, 0.2) is 5.16 Å². The fourth-order valence-electron chi connectivity index (χ4n) is 2.52. The van der Waals surface area contributed by atoms with Crippen LogP contribution in [0.15, 0.2) is 58.5 Å². The highest BCUT2D eigenvalue weighted by Gasteiger charge is 2.14. The quantitative estimate of drug-likeness (QED) is 0.365. The number of carbonyl (C=O) groups excluding carboxylic acids is 1.